The maximum atomic E-state index is 12.4. The maximum absolute atomic E-state index is 12.4. The van der Waals surface area contributed by atoms with Gasteiger partial charge in [0.2, 0.25) is 5.91 Å². The second kappa shape index (κ2) is 8.58. The van der Waals surface area contributed by atoms with E-state index in [2.05, 4.69) is 15.2 Å². The average molecular weight is 397 g/mol. The van der Waals surface area contributed by atoms with Crippen LogP contribution in [0.2, 0.25) is 0 Å². The van der Waals surface area contributed by atoms with Gasteiger partial charge in [0.15, 0.2) is 0 Å². The Balaban J connectivity index is 1.19. The third-order valence-electron chi connectivity index (χ3n) is 5.20. The van der Waals surface area contributed by atoms with Gasteiger partial charge in [-0.25, -0.2) is 0 Å². The van der Waals surface area contributed by atoms with Crippen LogP contribution in [0.4, 0.5) is 0 Å². The number of nitrogens with one attached hydrogen (secondary N) is 2. The molecule has 0 radical (unpaired) electrons. The van der Waals surface area contributed by atoms with E-state index in [9.17, 15) is 9.59 Å². The van der Waals surface area contributed by atoms with Crippen LogP contribution in [0.3, 0.4) is 0 Å². The van der Waals surface area contributed by atoms with Crippen molar-refractivity contribution in [2.24, 2.45) is 0 Å². The van der Waals surface area contributed by atoms with Crippen LogP contribution in [0.25, 0.3) is 10.9 Å². The number of H-pyrrole nitrogens is 1. The van der Waals surface area contributed by atoms with Crippen LogP contribution in [0, 0.1) is 0 Å². The molecule has 2 N–H and O–H groups in total. The molecule has 0 saturated carbocycles. The van der Waals surface area contributed by atoms with E-state index in [0.29, 0.717) is 13.0 Å². The highest BCUT2D eigenvalue weighted by molar-refractivity contribution is 7.08. The number of benzene rings is 1. The molecule has 0 unspecified atom stereocenters. The van der Waals surface area contributed by atoms with Crippen molar-refractivity contribution < 1.29 is 9.59 Å². The number of carbonyl (C=O) groups excluding carboxylic acids is 2. The first kappa shape index (κ1) is 18.7. The second-order valence-corrected chi connectivity index (χ2v) is 7.81. The summed E-state index contributed by atoms with van der Waals surface area (Å²) in [6.45, 7) is 4.58. The average Bonchev–Trinajstić information content (AvgIpc) is 3.39. The van der Waals surface area contributed by atoms with Gasteiger partial charge in [-0.15, -0.1) is 0 Å². The number of thiophene rings is 1. The zero-order valence-electron chi connectivity index (χ0n) is 15.7. The Kier molecular flexibility index (Phi) is 5.73. The number of aromatic amines is 1. The summed E-state index contributed by atoms with van der Waals surface area (Å²) in [5.41, 5.74) is 2.86. The summed E-state index contributed by atoms with van der Waals surface area (Å²) < 4.78 is 0. The lowest BCUT2D eigenvalue weighted by Gasteiger charge is -2.34. The topological polar surface area (TPSA) is 68.4 Å². The molecule has 1 fully saturated rings. The molecule has 7 heteroatoms. The normalized spacial score (nSPS) is 15.1. The number of fused-ring (bicyclic) bond motifs is 1. The molecule has 4 rings (SSSR count). The number of rotatable bonds is 6. The van der Waals surface area contributed by atoms with E-state index in [-0.39, 0.29) is 11.8 Å². The highest BCUT2D eigenvalue weighted by atomic mass is 32.1. The fraction of sp³-hybridized carbons (Fsp3) is 0.333. The molecule has 146 valence electrons. The minimum absolute atomic E-state index is 0.0380. The molecule has 28 heavy (non-hydrogen) atoms. The van der Waals surface area contributed by atoms with Crippen molar-refractivity contribution in [3.8, 4) is 0 Å². The van der Waals surface area contributed by atoms with E-state index >= 15 is 0 Å². The van der Waals surface area contributed by atoms with Crippen LogP contribution in [0.1, 0.15) is 15.9 Å². The van der Waals surface area contributed by atoms with Crippen molar-refractivity contribution in [2.75, 3.05) is 39.3 Å². The molecule has 2 amide bonds. The fourth-order valence-corrected chi connectivity index (χ4v) is 4.24. The van der Waals surface area contributed by atoms with E-state index in [0.717, 1.165) is 54.8 Å². The molecule has 1 aromatic carbocycles. The molecule has 1 aliphatic rings. The highest BCUT2D eigenvalue weighted by Gasteiger charge is 2.22. The number of amides is 2. The van der Waals surface area contributed by atoms with Crippen LogP contribution in [0.5, 0.6) is 0 Å². The summed E-state index contributed by atoms with van der Waals surface area (Å²) in [6.07, 6.45) is 2.29. The maximum Gasteiger partial charge on any atom is 0.254 e. The number of hydrogen-bond donors (Lipinski definition) is 2. The number of piperazine rings is 1. The van der Waals surface area contributed by atoms with Crippen molar-refractivity contribution in [1.82, 2.24) is 20.1 Å². The van der Waals surface area contributed by atoms with Crippen molar-refractivity contribution in [3.63, 3.8) is 0 Å². The largest absolute Gasteiger partial charge is 0.361 e. The van der Waals surface area contributed by atoms with Gasteiger partial charge in [0.05, 0.1) is 12.0 Å². The third-order valence-corrected chi connectivity index (χ3v) is 5.89. The fourth-order valence-electron chi connectivity index (χ4n) is 3.61. The lowest BCUT2D eigenvalue weighted by atomic mass is 10.1. The van der Waals surface area contributed by atoms with Crippen LogP contribution >= 0.6 is 11.3 Å². The van der Waals surface area contributed by atoms with E-state index in [1.54, 1.807) is 11.3 Å². The molecular formula is C21H24N4O2S. The first-order chi connectivity index (χ1) is 13.7. The molecule has 0 atom stereocenters. The summed E-state index contributed by atoms with van der Waals surface area (Å²) in [5, 5.41) is 7.95. The van der Waals surface area contributed by atoms with Gasteiger partial charge < -0.3 is 15.2 Å². The molecule has 1 aliphatic heterocycles. The van der Waals surface area contributed by atoms with Crippen molar-refractivity contribution in [1.29, 1.82) is 0 Å². The highest BCUT2D eigenvalue weighted by Crippen LogP contribution is 2.18. The first-order valence-electron chi connectivity index (χ1n) is 9.56. The first-order valence-corrected chi connectivity index (χ1v) is 10.5. The zero-order chi connectivity index (χ0) is 19.3. The summed E-state index contributed by atoms with van der Waals surface area (Å²) in [4.78, 5) is 32.1. The van der Waals surface area contributed by atoms with Gasteiger partial charge in [-0.3, -0.25) is 14.5 Å². The predicted molar refractivity (Wildman–Crippen MR) is 112 cm³/mol. The van der Waals surface area contributed by atoms with Gasteiger partial charge in [0.1, 0.15) is 0 Å². The molecule has 0 bridgehead atoms. The van der Waals surface area contributed by atoms with Gasteiger partial charge >= 0.3 is 0 Å². The third kappa shape index (κ3) is 4.26. The SMILES string of the molecule is O=C(Cc1c[nH]c2ccccc12)NCCN1CCN(C(=O)c2ccsc2)CC1. The number of para-hydroxylation sites is 1. The standard InChI is InChI=1S/C21H24N4O2S/c26-20(13-17-14-23-19-4-2-1-3-18(17)19)22-6-7-24-8-10-25(11-9-24)21(27)16-5-12-28-15-16/h1-5,12,14-15,23H,6-11,13H2,(H,22,26). The van der Waals surface area contributed by atoms with Gasteiger partial charge in [0, 0.05) is 61.7 Å². The van der Waals surface area contributed by atoms with Crippen LogP contribution in [-0.4, -0.2) is 65.9 Å². The lowest BCUT2D eigenvalue weighted by molar-refractivity contribution is -0.120. The quantitative estimate of drug-likeness (QED) is 0.672. The Morgan fingerprint density at radius 3 is 2.71 bits per heavy atom. The molecule has 3 aromatic rings. The Hall–Kier alpha value is -2.64. The van der Waals surface area contributed by atoms with Crippen molar-refractivity contribution >= 4 is 34.1 Å². The zero-order valence-corrected chi connectivity index (χ0v) is 16.5. The number of hydrogen-bond acceptors (Lipinski definition) is 4. The Morgan fingerprint density at radius 2 is 1.93 bits per heavy atom. The summed E-state index contributed by atoms with van der Waals surface area (Å²) in [5.74, 6) is 0.156. The Labute approximate surface area is 168 Å². The number of aromatic nitrogens is 1. The van der Waals surface area contributed by atoms with Gasteiger partial charge in [0.25, 0.3) is 5.91 Å². The Bertz CT molecular complexity index is 942. The minimum atomic E-state index is 0.0380. The molecule has 0 aliphatic carbocycles. The summed E-state index contributed by atoms with van der Waals surface area (Å²) >= 11 is 1.55. The van der Waals surface area contributed by atoms with Gasteiger partial charge in [-0.05, 0) is 23.1 Å². The molecule has 0 spiro atoms. The van der Waals surface area contributed by atoms with Crippen LogP contribution in [-0.2, 0) is 11.2 Å². The molecule has 6 nitrogen and oxygen atoms in total. The van der Waals surface area contributed by atoms with Crippen molar-refractivity contribution in [3.05, 3.63) is 58.4 Å². The summed E-state index contributed by atoms with van der Waals surface area (Å²) in [7, 11) is 0. The second-order valence-electron chi connectivity index (χ2n) is 7.03. The monoisotopic (exact) mass is 396 g/mol. The van der Waals surface area contributed by atoms with Crippen molar-refractivity contribution in [2.45, 2.75) is 6.42 Å². The smallest absolute Gasteiger partial charge is 0.254 e. The van der Waals surface area contributed by atoms with Crippen LogP contribution in [0.15, 0.2) is 47.3 Å². The molecular weight excluding hydrogens is 372 g/mol. The lowest BCUT2D eigenvalue weighted by Crippen LogP contribution is -2.50. The molecule has 3 heterocycles. The van der Waals surface area contributed by atoms with Crippen LogP contribution < -0.4 is 5.32 Å². The summed E-state index contributed by atoms with van der Waals surface area (Å²) in [6, 6.07) is 9.89. The van der Waals surface area contributed by atoms with Gasteiger partial charge in [-0.2, -0.15) is 11.3 Å². The molecule has 1 saturated heterocycles. The Morgan fingerprint density at radius 1 is 1.11 bits per heavy atom. The van der Waals surface area contributed by atoms with E-state index in [1.165, 1.54) is 0 Å². The van der Waals surface area contributed by atoms with E-state index in [4.69, 9.17) is 0 Å². The van der Waals surface area contributed by atoms with E-state index < -0.39 is 0 Å². The van der Waals surface area contributed by atoms with Gasteiger partial charge in [-0.1, -0.05) is 18.2 Å². The minimum Gasteiger partial charge on any atom is -0.361 e. The number of nitrogens with zero attached hydrogens (tertiary/aromatic N) is 2. The number of carbonyl (C=O) groups is 2. The van der Waals surface area contributed by atoms with E-state index in [1.807, 2.05) is 52.2 Å². The predicted octanol–water partition coefficient (Wildman–Crippen LogP) is 2.35. The molecule has 2 aromatic heterocycles.